The van der Waals surface area contributed by atoms with Gasteiger partial charge in [-0.15, -0.1) is 12.4 Å². The van der Waals surface area contributed by atoms with Gasteiger partial charge in [-0.2, -0.15) is 0 Å². The van der Waals surface area contributed by atoms with Crippen LogP contribution >= 0.6 is 12.4 Å². The Balaban J connectivity index is 0.00000200. The van der Waals surface area contributed by atoms with Crippen molar-refractivity contribution in [1.82, 2.24) is 10.3 Å². The summed E-state index contributed by atoms with van der Waals surface area (Å²) in [5, 5.41) is 2.87. The summed E-state index contributed by atoms with van der Waals surface area (Å²) in [6, 6.07) is 11.3. The molecule has 1 heterocycles. The summed E-state index contributed by atoms with van der Waals surface area (Å²) in [6.45, 7) is 0.597. The van der Waals surface area contributed by atoms with Crippen LogP contribution in [0.4, 0.5) is 0 Å². The topological polar surface area (TPSA) is 51.2 Å². The van der Waals surface area contributed by atoms with Crippen LogP contribution in [0.2, 0.25) is 0 Å². The number of aromatic nitrogens is 1. The van der Waals surface area contributed by atoms with Gasteiger partial charge in [0.1, 0.15) is 5.75 Å². The molecule has 0 aliphatic heterocycles. The lowest BCUT2D eigenvalue weighted by Gasteiger charge is -2.06. The van der Waals surface area contributed by atoms with Gasteiger partial charge in [0, 0.05) is 18.9 Å². The Morgan fingerprint density at radius 3 is 2.60 bits per heavy atom. The molecule has 0 saturated carbocycles. The molecule has 2 rings (SSSR count). The molecule has 5 heteroatoms. The molecule has 0 fully saturated rings. The highest BCUT2D eigenvalue weighted by molar-refractivity contribution is 5.93. The number of nitrogens with zero attached hydrogens (tertiary/aromatic N) is 1. The number of benzene rings is 1. The van der Waals surface area contributed by atoms with Crippen LogP contribution in [0, 0.1) is 0 Å². The van der Waals surface area contributed by atoms with Crippen molar-refractivity contribution in [1.29, 1.82) is 0 Å². The van der Waals surface area contributed by atoms with Crippen LogP contribution in [0.25, 0.3) is 0 Å². The molecule has 106 valence electrons. The van der Waals surface area contributed by atoms with E-state index in [0.29, 0.717) is 12.1 Å². The molecule has 1 aromatic carbocycles. The molecule has 1 N–H and O–H groups in total. The zero-order chi connectivity index (χ0) is 13.5. The van der Waals surface area contributed by atoms with E-state index in [-0.39, 0.29) is 18.3 Å². The van der Waals surface area contributed by atoms with E-state index in [1.807, 2.05) is 24.3 Å². The van der Waals surface area contributed by atoms with Gasteiger partial charge in [-0.25, -0.2) is 0 Å². The second kappa shape index (κ2) is 8.17. The van der Waals surface area contributed by atoms with E-state index in [0.717, 1.165) is 17.7 Å². The van der Waals surface area contributed by atoms with Crippen LogP contribution in [0.15, 0.2) is 48.8 Å². The summed E-state index contributed by atoms with van der Waals surface area (Å²) < 4.78 is 5.09. The fourth-order valence-electron chi connectivity index (χ4n) is 1.71. The fraction of sp³-hybridized carbons (Fsp3) is 0.200. The van der Waals surface area contributed by atoms with Gasteiger partial charge < -0.3 is 10.1 Å². The predicted molar refractivity (Wildman–Crippen MR) is 80.5 cm³/mol. The number of nitrogens with one attached hydrogen (secondary N) is 1. The molecule has 0 radical (unpaired) electrons. The summed E-state index contributed by atoms with van der Waals surface area (Å²) in [7, 11) is 1.64. The largest absolute Gasteiger partial charge is 0.497 e. The van der Waals surface area contributed by atoms with Gasteiger partial charge in [0.2, 0.25) is 0 Å². The van der Waals surface area contributed by atoms with Crippen molar-refractivity contribution in [2.45, 2.75) is 6.42 Å². The van der Waals surface area contributed by atoms with Crippen LogP contribution in [0.3, 0.4) is 0 Å². The lowest BCUT2D eigenvalue weighted by molar-refractivity contribution is 0.0954. The summed E-state index contributed by atoms with van der Waals surface area (Å²) in [6.07, 6.45) is 3.99. The van der Waals surface area contributed by atoms with Gasteiger partial charge in [-0.05, 0) is 36.2 Å². The lowest BCUT2D eigenvalue weighted by atomic mass is 10.1. The van der Waals surface area contributed by atoms with Crippen LogP contribution in [-0.2, 0) is 6.42 Å². The molecule has 0 bridgehead atoms. The molecule has 0 saturated heterocycles. The molecule has 2 aromatic rings. The average molecular weight is 293 g/mol. The van der Waals surface area contributed by atoms with Crippen molar-refractivity contribution >= 4 is 18.3 Å². The molecule has 20 heavy (non-hydrogen) atoms. The quantitative estimate of drug-likeness (QED) is 0.921. The molecule has 1 amide bonds. The lowest BCUT2D eigenvalue weighted by Crippen LogP contribution is -2.25. The normalized spacial score (nSPS) is 9.45. The summed E-state index contributed by atoms with van der Waals surface area (Å²) in [5.74, 6) is 0.741. The molecular weight excluding hydrogens is 276 g/mol. The Morgan fingerprint density at radius 2 is 2.00 bits per heavy atom. The highest BCUT2D eigenvalue weighted by Crippen LogP contribution is 2.11. The van der Waals surface area contributed by atoms with Crippen LogP contribution in [0.5, 0.6) is 5.75 Å². The first-order valence-electron chi connectivity index (χ1n) is 6.11. The van der Waals surface area contributed by atoms with Crippen molar-refractivity contribution in [3.05, 3.63) is 59.9 Å². The number of halogens is 1. The van der Waals surface area contributed by atoms with Crippen molar-refractivity contribution in [3.8, 4) is 5.75 Å². The van der Waals surface area contributed by atoms with Crippen molar-refractivity contribution in [3.63, 3.8) is 0 Å². The fourth-order valence-corrected chi connectivity index (χ4v) is 1.71. The summed E-state index contributed by atoms with van der Waals surface area (Å²) in [4.78, 5) is 15.7. The molecule has 0 aliphatic carbocycles. The zero-order valence-corrected chi connectivity index (χ0v) is 12.0. The standard InChI is InChI=1S/C15H16N2O2.ClH/c1-19-14-6-4-12(5-7-14)8-10-17-15(18)13-3-2-9-16-11-13;/h2-7,9,11H,8,10H2,1H3,(H,17,18);1H. The number of ether oxygens (including phenoxy) is 1. The monoisotopic (exact) mass is 292 g/mol. The van der Waals surface area contributed by atoms with E-state index in [9.17, 15) is 4.79 Å². The first kappa shape index (κ1) is 16.0. The van der Waals surface area contributed by atoms with E-state index in [1.165, 1.54) is 0 Å². The smallest absolute Gasteiger partial charge is 0.252 e. The average Bonchev–Trinajstić information content (AvgIpc) is 2.49. The number of rotatable bonds is 5. The first-order chi connectivity index (χ1) is 9.29. The van der Waals surface area contributed by atoms with Crippen LogP contribution < -0.4 is 10.1 Å². The molecule has 4 nitrogen and oxygen atoms in total. The summed E-state index contributed by atoms with van der Waals surface area (Å²) >= 11 is 0. The maximum Gasteiger partial charge on any atom is 0.252 e. The van der Waals surface area contributed by atoms with Gasteiger partial charge >= 0.3 is 0 Å². The van der Waals surface area contributed by atoms with Gasteiger partial charge in [-0.3, -0.25) is 9.78 Å². The molecule has 1 aromatic heterocycles. The number of hydrogen-bond donors (Lipinski definition) is 1. The SMILES string of the molecule is COc1ccc(CCNC(=O)c2cccnc2)cc1.Cl. The number of carbonyl (C=O) groups is 1. The maximum absolute atomic E-state index is 11.8. The highest BCUT2D eigenvalue weighted by Gasteiger charge is 2.03. The Kier molecular flexibility index (Phi) is 6.53. The zero-order valence-electron chi connectivity index (χ0n) is 11.2. The third-order valence-corrected chi connectivity index (χ3v) is 2.78. The van der Waals surface area contributed by atoms with E-state index < -0.39 is 0 Å². The maximum atomic E-state index is 11.8. The summed E-state index contributed by atoms with van der Waals surface area (Å²) in [5.41, 5.74) is 1.74. The van der Waals surface area contributed by atoms with Crippen molar-refractivity contribution < 1.29 is 9.53 Å². The minimum Gasteiger partial charge on any atom is -0.497 e. The Bertz CT molecular complexity index is 529. The second-order valence-corrected chi connectivity index (χ2v) is 4.10. The number of hydrogen-bond acceptors (Lipinski definition) is 3. The molecule has 0 aliphatic rings. The third kappa shape index (κ3) is 4.55. The molecule has 0 unspecified atom stereocenters. The Hall–Kier alpha value is -2.07. The predicted octanol–water partition coefficient (Wildman–Crippen LogP) is 2.48. The van der Waals surface area contributed by atoms with E-state index in [1.54, 1.807) is 31.6 Å². The minimum atomic E-state index is -0.0957. The Labute approximate surface area is 124 Å². The van der Waals surface area contributed by atoms with Crippen molar-refractivity contribution in [2.75, 3.05) is 13.7 Å². The highest BCUT2D eigenvalue weighted by atomic mass is 35.5. The van der Waals surface area contributed by atoms with Crippen LogP contribution in [0.1, 0.15) is 15.9 Å². The number of carbonyl (C=O) groups excluding carboxylic acids is 1. The number of pyridine rings is 1. The van der Waals surface area contributed by atoms with E-state index >= 15 is 0 Å². The number of methoxy groups -OCH3 is 1. The van der Waals surface area contributed by atoms with Crippen LogP contribution in [-0.4, -0.2) is 24.5 Å². The second-order valence-electron chi connectivity index (χ2n) is 4.10. The van der Waals surface area contributed by atoms with E-state index in [4.69, 9.17) is 4.74 Å². The van der Waals surface area contributed by atoms with Crippen molar-refractivity contribution in [2.24, 2.45) is 0 Å². The minimum absolute atomic E-state index is 0. The Morgan fingerprint density at radius 1 is 1.25 bits per heavy atom. The van der Waals surface area contributed by atoms with Gasteiger partial charge in [-0.1, -0.05) is 12.1 Å². The van der Waals surface area contributed by atoms with Gasteiger partial charge in [0.25, 0.3) is 5.91 Å². The third-order valence-electron chi connectivity index (χ3n) is 2.78. The molecule has 0 spiro atoms. The van der Waals surface area contributed by atoms with E-state index in [2.05, 4.69) is 10.3 Å². The van der Waals surface area contributed by atoms with Gasteiger partial charge in [0.15, 0.2) is 0 Å². The number of amides is 1. The molecular formula is C15H17ClN2O2. The molecule has 0 atom stereocenters. The van der Waals surface area contributed by atoms with Gasteiger partial charge in [0.05, 0.1) is 12.7 Å². The first-order valence-corrected chi connectivity index (χ1v) is 6.11.